The van der Waals surface area contributed by atoms with Gasteiger partial charge in [0.05, 0.1) is 13.2 Å². The second-order valence-electron chi connectivity index (χ2n) is 17.4. The Morgan fingerprint density at radius 3 is 1.20 bits per heavy atom. The topological polar surface area (TPSA) is 134 Å². The first kappa shape index (κ1) is 66.9. The molecule has 0 saturated carbocycles. The van der Waals surface area contributed by atoms with Crippen molar-refractivity contribution in [3.8, 4) is 0 Å². The number of carbonyl (C=O) groups excluding carboxylic acids is 2. The molecule has 10 heteroatoms. The highest BCUT2D eigenvalue weighted by molar-refractivity contribution is 7.47. The number of ether oxygens (including phenoxy) is 2. The smallest absolute Gasteiger partial charge is 0.462 e. The van der Waals surface area contributed by atoms with E-state index in [2.05, 4.69) is 154 Å². The number of allylic oxidation sites excluding steroid dienone is 24. The molecule has 2 unspecified atom stereocenters. The van der Waals surface area contributed by atoms with Gasteiger partial charge in [-0.25, -0.2) is 4.57 Å². The maximum absolute atomic E-state index is 12.7. The predicted molar refractivity (Wildman–Crippen MR) is 302 cm³/mol. The van der Waals surface area contributed by atoms with E-state index >= 15 is 0 Å². The Hall–Kier alpha value is -4.11. The Morgan fingerprint density at radius 2 is 0.789 bits per heavy atom. The van der Waals surface area contributed by atoms with Crippen LogP contribution >= 0.6 is 7.82 Å². The summed E-state index contributed by atoms with van der Waals surface area (Å²) in [6.45, 7) is 3.51. The van der Waals surface area contributed by atoms with E-state index in [0.717, 1.165) is 109 Å². The number of rotatable bonds is 49. The quantitative estimate of drug-likeness (QED) is 0.0264. The average Bonchev–Trinajstić information content (AvgIpc) is 3.36. The summed E-state index contributed by atoms with van der Waals surface area (Å²) in [5.74, 6) is -0.925. The molecule has 0 amide bonds. The van der Waals surface area contributed by atoms with Gasteiger partial charge >= 0.3 is 19.8 Å². The third-order valence-corrected chi connectivity index (χ3v) is 11.7. The van der Waals surface area contributed by atoms with E-state index in [1.54, 1.807) is 0 Å². The summed E-state index contributed by atoms with van der Waals surface area (Å²) < 4.78 is 32.9. The van der Waals surface area contributed by atoms with Gasteiger partial charge in [0.1, 0.15) is 6.61 Å². The van der Waals surface area contributed by atoms with Crippen LogP contribution in [-0.4, -0.2) is 49.3 Å². The molecular weight excluding hydrogens is 906 g/mol. The van der Waals surface area contributed by atoms with Gasteiger partial charge in [0.25, 0.3) is 0 Å². The lowest BCUT2D eigenvalue weighted by Crippen LogP contribution is -2.29. The maximum atomic E-state index is 12.7. The summed E-state index contributed by atoms with van der Waals surface area (Å²) >= 11 is 0. The van der Waals surface area contributed by atoms with Crippen molar-refractivity contribution in [2.75, 3.05) is 26.4 Å². The number of phosphoric ester groups is 1. The number of phosphoric acid groups is 1. The Morgan fingerprint density at radius 1 is 0.437 bits per heavy atom. The summed E-state index contributed by atoms with van der Waals surface area (Å²) in [7, 11) is -4.42. The molecule has 0 aliphatic rings. The summed E-state index contributed by atoms with van der Waals surface area (Å²) in [4.78, 5) is 35.1. The molecule has 0 rings (SSSR count). The second-order valence-corrected chi connectivity index (χ2v) is 18.8. The number of carbonyl (C=O) groups is 2. The van der Waals surface area contributed by atoms with Crippen LogP contribution in [0.2, 0.25) is 0 Å². The molecule has 71 heavy (non-hydrogen) atoms. The van der Waals surface area contributed by atoms with Crippen molar-refractivity contribution in [1.29, 1.82) is 0 Å². The summed E-state index contributed by atoms with van der Waals surface area (Å²) in [5, 5.41) is 0. The average molecular weight is 1000 g/mol. The molecule has 0 heterocycles. The van der Waals surface area contributed by atoms with Crippen LogP contribution in [0.3, 0.4) is 0 Å². The minimum Gasteiger partial charge on any atom is -0.462 e. The van der Waals surface area contributed by atoms with Crippen molar-refractivity contribution in [1.82, 2.24) is 0 Å². The highest BCUT2D eigenvalue weighted by atomic mass is 31.2. The molecule has 2 atom stereocenters. The van der Waals surface area contributed by atoms with E-state index in [1.807, 2.05) is 6.08 Å². The molecular formula is C61H98NO8P. The number of nitrogens with two attached hydrogens (primary N) is 1. The Labute approximate surface area is 433 Å². The van der Waals surface area contributed by atoms with Gasteiger partial charge in [0.2, 0.25) is 0 Å². The van der Waals surface area contributed by atoms with Crippen molar-refractivity contribution in [2.24, 2.45) is 5.73 Å². The van der Waals surface area contributed by atoms with Gasteiger partial charge in [0, 0.05) is 19.4 Å². The maximum Gasteiger partial charge on any atom is 0.472 e. The lowest BCUT2D eigenvalue weighted by Gasteiger charge is -2.19. The van der Waals surface area contributed by atoms with E-state index in [1.165, 1.54) is 38.5 Å². The summed E-state index contributed by atoms with van der Waals surface area (Å²) in [6, 6.07) is 0. The second kappa shape index (κ2) is 55.2. The van der Waals surface area contributed by atoms with Gasteiger partial charge in [-0.1, -0.05) is 211 Å². The zero-order valence-corrected chi connectivity index (χ0v) is 45.3. The van der Waals surface area contributed by atoms with Gasteiger partial charge in [-0.3, -0.25) is 18.6 Å². The zero-order valence-electron chi connectivity index (χ0n) is 44.4. The van der Waals surface area contributed by atoms with Crippen molar-refractivity contribution < 1.29 is 37.6 Å². The van der Waals surface area contributed by atoms with Crippen LogP contribution in [0.25, 0.3) is 0 Å². The van der Waals surface area contributed by atoms with Crippen LogP contribution in [0.4, 0.5) is 0 Å². The van der Waals surface area contributed by atoms with E-state index in [9.17, 15) is 19.0 Å². The summed E-state index contributed by atoms with van der Waals surface area (Å²) in [5.41, 5.74) is 5.37. The summed E-state index contributed by atoms with van der Waals surface area (Å²) in [6.07, 6.45) is 79.0. The van der Waals surface area contributed by atoms with E-state index < -0.39 is 32.5 Å². The molecule has 0 aromatic carbocycles. The standard InChI is InChI=1S/C61H98NO8P/c1-3-5-7-9-11-13-15-17-19-21-23-25-26-27-28-29-30-31-32-34-36-38-40-42-44-46-48-50-52-54-61(64)70-59(58-69-71(65,66)68-56-55-62)57-67-60(63)53-51-49-47-45-43-41-39-37-35-33-24-22-20-18-16-14-12-10-8-6-4-2/h5,7,11,13,16-19,22-25,27-28,30-31,34-37,40,42,46,48,59H,3-4,6,8-10,12,14-15,20-21,26,29,32-33,38-39,41,43-45,47,49-58,62H2,1-2H3,(H,65,66)/b7-5-,13-11-,18-16-,19-17-,24-22-,25-23-,28-27-,31-30-,36-34-,37-35-,42-40-,48-46-. The van der Waals surface area contributed by atoms with E-state index in [-0.39, 0.29) is 32.6 Å². The van der Waals surface area contributed by atoms with E-state index in [4.69, 9.17) is 24.3 Å². The molecule has 9 nitrogen and oxygen atoms in total. The Bertz CT molecular complexity index is 1660. The zero-order chi connectivity index (χ0) is 51.7. The first-order valence-corrected chi connectivity index (χ1v) is 28.8. The van der Waals surface area contributed by atoms with Crippen molar-refractivity contribution in [3.63, 3.8) is 0 Å². The SMILES string of the molecule is CC/C=C\C/C=C\C/C=C\C/C=C\C/C=C\C/C=C\C/C=C\C/C=C\C/C=C\CCCC(=O)OC(COC(=O)CCCCCCCC/C=C\C/C=C\C/C=C\CCCCCCC)COP(=O)(O)OCCN. The van der Waals surface area contributed by atoms with Crippen LogP contribution in [0.1, 0.15) is 194 Å². The third-order valence-electron chi connectivity index (χ3n) is 10.7. The molecule has 0 aliphatic carbocycles. The van der Waals surface area contributed by atoms with Crippen LogP contribution in [0.5, 0.6) is 0 Å². The first-order valence-electron chi connectivity index (χ1n) is 27.3. The number of hydrogen-bond acceptors (Lipinski definition) is 8. The third kappa shape index (κ3) is 55.1. The van der Waals surface area contributed by atoms with Crippen LogP contribution in [0, 0.1) is 0 Å². The molecule has 0 fully saturated rings. The van der Waals surface area contributed by atoms with E-state index in [0.29, 0.717) is 19.3 Å². The first-order chi connectivity index (χ1) is 34.8. The van der Waals surface area contributed by atoms with Crippen molar-refractivity contribution in [3.05, 3.63) is 146 Å². The lowest BCUT2D eigenvalue weighted by molar-refractivity contribution is -0.161. The lowest BCUT2D eigenvalue weighted by atomic mass is 10.1. The minimum atomic E-state index is -4.42. The van der Waals surface area contributed by atoms with Crippen LogP contribution in [0.15, 0.2) is 146 Å². The molecule has 0 spiro atoms. The van der Waals surface area contributed by atoms with Gasteiger partial charge in [-0.2, -0.15) is 0 Å². The normalized spacial score (nSPS) is 14.3. The van der Waals surface area contributed by atoms with Gasteiger partial charge in [-0.15, -0.1) is 0 Å². The van der Waals surface area contributed by atoms with Gasteiger partial charge in [-0.05, 0) is 116 Å². The van der Waals surface area contributed by atoms with Crippen LogP contribution < -0.4 is 5.73 Å². The number of unbranched alkanes of at least 4 members (excludes halogenated alkanes) is 12. The molecule has 3 N–H and O–H groups in total. The Kier molecular flexibility index (Phi) is 52.0. The number of hydrogen-bond donors (Lipinski definition) is 2. The molecule has 0 aliphatic heterocycles. The molecule has 0 radical (unpaired) electrons. The fourth-order valence-corrected chi connectivity index (χ4v) is 7.47. The molecule has 0 aromatic rings. The van der Waals surface area contributed by atoms with Crippen molar-refractivity contribution >= 4 is 19.8 Å². The minimum absolute atomic E-state index is 0.0334. The predicted octanol–water partition coefficient (Wildman–Crippen LogP) is 17.2. The highest BCUT2D eigenvalue weighted by Crippen LogP contribution is 2.43. The molecule has 400 valence electrons. The van der Waals surface area contributed by atoms with Gasteiger partial charge < -0.3 is 20.1 Å². The Balaban J connectivity index is 4.22. The van der Waals surface area contributed by atoms with Crippen LogP contribution in [-0.2, 0) is 32.7 Å². The van der Waals surface area contributed by atoms with Gasteiger partial charge in [0.15, 0.2) is 6.10 Å². The molecule has 0 aromatic heterocycles. The number of esters is 2. The molecule has 0 saturated heterocycles. The monoisotopic (exact) mass is 1000 g/mol. The fraction of sp³-hybridized carbons (Fsp3) is 0.574. The largest absolute Gasteiger partial charge is 0.472 e. The fourth-order valence-electron chi connectivity index (χ4n) is 6.70. The molecule has 0 bridgehead atoms. The highest BCUT2D eigenvalue weighted by Gasteiger charge is 2.26. The van der Waals surface area contributed by atoms with Crippen molar-refractivity contribution in [2.45, 2.75) is 200 Å².